The fourth-order valence-electron chi connectivity index (χ4n) is 1.39. The Kier molecular flexibility index (Phi) is 3.80. The predicted octanol–water partition coefficient (Wildman–Crippen LogP) is 4.29. The molecule has 0 aliphatic heterocycles. The van der Waals surface area contributed by atoms with Gasteiger partial charge in [0.2, 0.25) is 0 Å². The first-order valence-corrected chi connectivity index (χ1v) is 6.51. The van der Waals surface area contributed by atoms with Crippen LogP contribution in [0.1, 0.15) is 13.3 Å². The van der Waals surface area contributed by atoms with Crippen molar-refractivity contribution in [2.75, 3.05) is 11.9 Å². The lowest BCUT2D eigenvalue weighted by atomic mass is 10.3. The van der Waals surface area contributed by atoms with Crippen LogP contribution in [-0.2, 0) is 0 Å². The van der Waals surface area contributed by atoms with Gasteiger partial charge in [-0.1, -0.05) is 24.6 Å². The summed E-state index contributed by atoms with van der Waals surface area (Å²) >= 11 is 7.69. The van der Waals surface area contributed by atoms with Crippen molar-refractivity contribution in [3.63, 3.8) is 0 Å². The topological polar surface area (TPSA) is 24.9 Å². The number of nitrogens with one attached hydrogen (secondary N) is 1. The van der Waals surface area contributed by atoms with Crippen molar-refractivity contribution < 1.29 is 0 Å². The van der Waals surface area contributed by atoms with Crippen LogP contribution in [-0.4, -0.2) is 11.5 Å². The third-order valence-corrected chi connectivity index (χ3v) is 3.52. The van der Waals surface area contributed by atoms with Crippen molar-refractivity contribution in [3.8, 4) is 10.6 Å². The van der Waals surface area contributed by atoms with Crippen molar-refractivity contribution in [1.82, 2.24) is 4.98 Å². The first kappa shape index (κ1) is 11.4. The van der Waals surface area contributed by atoms with Crippen molar-refractivity contribution in [2.45, 2.75) is 13.3 Å². The molecule has 0 aliphatic carbocycles. The quantitative estimate of drug-likeness (QED) is 0.878. The SMILES string of the molecule is CCCNc1cccc(-c2sccc2Cl)n1. The molecule has 0 bridgehead atoms. The maximum atomic E-state index is 6.08. The smallest absolute Gasteiger partial charge is 0.126 e. The van der Waals surface area contributed by atoms with E-state index in [4.69, 9.17) is 11.6 Å². The molecular formula is C12H13ClN2S. The molecule has 2 rings (SSSR count). The number of halogens is 1. The summed E-state index contributed by atoms with van der Waals surface area (Å²) in [4.78, 5) is 5.56. The Morgan fingerprint density at radius 3 is 2.94 bits per heavy atom. The Bertz CT molecular complexity index is 468. The normalized spacial score (nSPS) is 10.4. The molecule has 1 N–H and O–H groups in total. The summed E-state index contributed by atoms with van der Waals surface area (Å²) in [7, 11) is 0. The third-order valence-electron chi connectivity index (χ3n) is 2.16. The van der Waals surface area contributed by atoms with Gasteiger partial charge in [-0.2, -0.15) is 0 Å². The molecule has 0 fully saturated rings. The zero-order valence-electron chi connectivity index (χ0n) is 9.03. The molecule has 4 heteroatoms. The molecule has 0 aromatic carbocycles. The van der Waals surface area contributed by atoms with E-state index in [2.05, 4.69) is 17.2 Å². The number of hydrogen-bond donors (Lipinski definition) is 1. The number of aromatic nitrogens is 1. The van der Waals surface area contributed by atoms with Crippen LogP contribution >= 0.6 is 22.9 Å². The highest BCUT2D eigenvalue weighted by Crippen LogP contribution is 2.32. The number of hydrogen-bond acceptors (Lipinski definition) is 3. The lowest BCUT2D eigenvalue weighted by Gasteiger charge is -2.05. The third kappa shape index (κ3) is 2.54. The number of thiophene rings is 1. The van der Waals surface area contributed by atoms with E-state index in [1.807, 2.05) is 29.6 Å². The number of pyridine rings is 1. The van der Waals surface area contributed by atoms with Gasteiger partial charge < -0.3 is 5.32 Å². The van der Waals surface area contributed by atoms with Gasteiger partial charge in [-0.15, -0.1) is 11.3 Å². The summed E-state index contributed by atoms with van der Waals surface area (Å²) in [5.74, 6) is 0.906. The molecule has 84 valence electrons. The monoisotopic (exact) mass is 252 g/mol. The largest absolute Gasteiger partial charge is 0.370 e. The van der Waals surface area contributed by atoms with Gasteiger partial charge in [0.15, 0.2) is 0 Å². The minimum Gasteiger partial charge on any atom is -0.370 e. The fraction of sp³-hybridized carbons (Fsp3) is 0.250. The average molecular weight is 253 g/mol. The second-order valence-corrected chi connectivity index (χ2v) is 4.76. The van der Waals surface area contributed by atoms with Gasteiger partial charge in [0.25, 0.3) is 0 Å². The molecular weight excluding hydrogens is 240 g/mol. The highest BCUT2D eigenvalue weighted by Gasteiger charge is 2.06. The Balaban J connectivity index is 2.26. The summed E-state index contributed by atoms with van der Waals surface area (Å²) in [6.45, 7) is 3.07. The Hall–Kier alpha value is -1.06. The minimum absolute atomic E-state index is 0.769. The first-order valence-electron chi connectivity index (χ1n) is 5.25. The molecule has 0 amide bonds. The van der Waals surface area contributed by atoms with E-state index in [1.54, 1.807) is 11.3 Å². The van der Waals surface area contributed by atoms with Crippen LogP contribution in [0.15, 0.2) is 29.6 Å². The summed E-state index contributed by atoms with van der Waals surface area (Å²) in [5, 5.41) is 6.01. The summed E-state index contributed by atoms with van der Waals surface area (Å²) < 4.78 is 0. The van der Waals surface area contributed by atoms with Crippen LogP contribution in [0, 0.1) is 0 Å². The summed E-state index contributed by atoms with van der Waals surface area (Å²) in [6.07, 6.45) is 1.09. The maximum absolute atomic E-state index is 6.08. The van der Waals surface area contributed by atoms with Gasteiger partial charge in [-0.05, 0) is 30.0 Å². The van der Waals surface area contributed by atoms with Crippen LogP contribution in [0.5, 0.6) is 0 Å². The Morgan fingerprint density at radius 1 is 1.38 bits per heavy atom. The molecule has 0 atom stereocenters. The van der Waals surface area contributed by atoms with E-state index < -0.39 is 0 Å². The molecule has 2 aromatic heterocycles. The van der Waals surface area contributed by atoms with Gasteiger partial charge in [-0.3, -0.25) is 0 Å². The van der Waals surface area contributed by atoms with E-state index in [0.29, 0.717) is 0 Å². The van der Waals surface area contributed by atoms with Gasteiger partial charge in [-0.25, -0.2) is 4.98 Å². The van der Waals surface area contributed by atoms with Gasteiger partial charge in [0, 0.05) is 6.54 Å². The zero-order valence-corrected chi connectivity index (χ0v) is 10.6. The molecule has 2 nitrogen and oxygen atoms in total. The predicted molar refractivity (Wildman–Crippen MR) is 71.3 cm³/mol. The van der Waals surface area contributed by atoms with E-state index in [-0.39, 0.29) is 0 Å². The lowest BCUT2D eigenvalue weighted by Crippen LogP contribution is -2.01. The van der Waals surface area contributed by atoms with Gasteiger partial charge in [0.05, 0.1) is 15.6 Å². The van der Waals surface area contributed by atoms with Crippen molar-refractivity contribution in [2.24, 2.45) is 0 Å². The molecule has 2 heterocycles. The lowest BCUT2D eigenvalue weighted by molar-refractivity contribution is 0.970. The van der Waals surface area contributed by atoms with Crippen LogP contribution in [0.2, 0.25) is 5.02 Å². The van der Waals surface area contributed by atoms with E-state index in [1.165, 1.54) is 0 Å². The van der Waals surface area contributed by atoms with Crippen molar-refractivity contribution in [3.05, 3.63) is 34.7 Å². The molecule has 16 heavy (non-hydrogen) atoms. The second-order valence-electron chi connectivity index (χ2n) is 3.43. The molecule has 2 aromatic rings. The minimum atomic E-state index is 0.769. The van der Waals surface area contributed by atoms with Gasteiger partial charge >= 0.3 is 0 Å². The average Bonchev–Trinajstić information content (AvgIpc) is 2.73. The summed E-state index contributed by atoms with van der Waals surface area (Å²) in [5.41, 5.74) is 0.932. The zero-order chi connectivity index (χ0) is 11.4. The van der Waals surface area contributed by atoms with Crippen molar-refractivity contribution in [1.29, 1.82) is 0 Å². The Labute approximate surface area is 104 Å². The van der Waals surface area contributed by atoms with Gasteiger partial charge in [0.1, 0.15) is 5.82 Å². The fourth-order valence-corrected chi connectivity index (χ4v) is 2.51. The molecule has 0 saturated carbocycles. The number of rotatable bonds is 4. The number of anilines is 1. The maximum Gasteiger partial charge on any atom is 0.126 e. The standard InChI is InChI=1S/C12H13ClN2S/c1-2-7-14-11-5-3-4-10(15-11)12-9(13)6-8-16-12/h3-6,8H,2,7H2,1H3,(H,14,15). The molecule has 0 aliphatic rings. The van der Waals surface area contributed by atoms with Crippen molar-refractivity contribution >= 4 is 28.8 Å². The van der Waals surface area contributed by atoms with E-state index in [9.17, 15) is 0 Å². The molecule has 0 spiro atoms. The molecule has 0 saturated heterocycles. The van der Waals surface area contributed by atoms with Crippen LogP contribution in [0.4, 0.5) is 5.82 Å². The van der Waals surface area contributed by atoms with Crippen LogP contribution in [0.3, 0.4) is 0 Å². The van der Waals surface area contributed by atoms with Crippen LogP contribution < -0.4 is 5.32 Å². The number of nitrogens with zero attached hydrogens (tertiary/aromatic N) is 1. The van der Waals surface area contributed by atoms with E-state index in [0.717, 1.165) is 34.4 Å². The summed E-state index contributed by atoms with van der Waals surface area (Å²) in [6, 6.07) is 7.85. The second kappa shape index (κ2) is 5.32. The molecule has 0 unspecified atom stereocenters. The molecule has 0 radical (unpaired) electrons. The highest BCUT2D eigenvalue weighted by molar-refractivity contribution is 7.14. The first-order chi connectivity index (χ1) is 7.81. The van der Waals surface area contributed by atoms with Crippen LogP contribution in [0.25, 0.3) is 10.6 Å². The Morgan fingerprint density at radius 2 is 2.25 bits per heavy atom. The highest BCUT2D eigenvalue weighted by atomic mass is 35.5. The van der Waals surface area contributed by atoms with E-state index >= 15 is 0 Å².